The summed E-state index contributed by atoms with van der Waals surface area (Å²) in [5, 5.41) is 18.0. The van der Waals surface area contributed by atoms with E-state index in [2.05, 4.69) is 21.5 Å². The van der Waals surface area contributed by atoms with Gasteiger partial charge in [-0.3, -0.25) is 9.48 Å². The van der Waals surface area contributed by atoms with Crippen LogP contribution in [-0.2, 0) is 4.74 Å². The molecule has 0 amide bonds. The zero-order chi connectivity index (χ0) is 24.0. The smallest absolute Gasteiger partial charge is 0.196 e. The third-order valence-electron chi connectivity index (χ3n) is 6.06. The molecule has 5 rings (SSSR count). The van der Waals surface area contributed by atoms with Crippen molar-refractivity contribution in [2.24, 2.45) is 0 Å². The molecule has 1 N–H and O–H groups in total. The summed E-state index contributed by atoms with van der Waals surface area (Å²) in [7, 11) is 0. The fraction of sp³-hybridized carbons (Fsp3) is 0.280. The number of fused-ring (bicyclic) bond motifs is 1. The van der Waals surface area contributed by atoms with Crippen LogP contribution in [0.2, 0.25) is 5.15 Å². The molecular weight excluding hydrogens is 454 g/mol. The Bertz CT molecular complexity index is 1510. The number of hydrogen-bond acceptors (Lipinski definition) is 7. The fourth-order valence-corrected chi connectivity index (χ4v) is 4.29. The van der Waals surface area contributed by atoms with Crippen molar-refractivity contribution in [3.05, 3.63) is 74.4 Å². The van der Waals surface area contributed by atoms with E-state index >= 15 is 0 Å². The van der Waals surface area contributed by atoms with Crippen LogP contribution in [-0.4, -0.2) is 28.0 Å². The van der Waals surface area contributed by atoms with Gasteiger partial charge in [0.15, 0.2) is 11.1 Å². The maximum Gasteiger partial charge on any atom is 0.196 e. The molecule has 4 aromatic rings. The molecule has 1 aliphatic rings. The van der Waals surface area contributed by atoms with Crippen LogP contribution in [0.3, 0.4) is 0 Å². The van der Waals surface area contributed by atoms with Gasteiger partial charge in [0.2, 0.25) is 0 Å². The molecule has 8 nitrogen and oxygen atoms in total. The topological polar surface area (TPSA) is 106 Å². The summed E-state index contributed by atoms with van der Waals surface area (Å²) in [4.78, 5) is 17.4. The van der Waals surface area contributed by atoms with Gasteiger partial charge in [0.25, 0.3) is 0 Å². The standard InChI is InChI=1S/C25H22ClN5O3/c1-13-6-18(15(3)29-20-4-5-22(26)30-21(20)8-27)25-19(7-13)23(32)14(2)24(34-25)16-9-28-31(10-16)17-11-33-12-17/h4-7,9-10,15,17,29H,11-12H2,1-3H3. The number of rotatable bonds is 5. The van der Waals surface area contributed by atoms with Crippen LogP contribution >= 0.6 is 11.6 Å². The van der Waals surface area contributed by atoms with Gasteiger partial charge in [-0.05, 0) is 44.5 Å². The van der Waals surface area contributed by atoms with Crippen LogP contribution < -0.4 is 10.7 Å². The molecule has 0 saturated carbocycles. The third kappa shape index (κ3) is 3.83. The molecule has 1 fully saturated rings. The van der Waals surface area contributed by atoms with E-state index in [1.807, 2.05) is 36.9 Å². The number of benzene rings is 1. The van der Waals surface area contributed by atoms with E-state index in [1.54, 1.807) is 25.3 Å². The molecule has 1 unspecified atom stereocenters. The Morgan fingerprint density at radius 1 is 1.29 bits per heavy atom. The Hall–Kier alpha value is -3.67. The van der Waals surface area contributed by atoms with E-state index in [0.29, 0.717) is 41.2 Å². The number of nitriles is 1. The van der Waals surface area contributed by atoms with Gasteiger partial charge in [0.05, 0.1) is 48.1 Å². The highest BCUT2D eigenvalue weighted by atomic mass is 35.5. The second-order valence-corrected chi connectivity index (χ2v) is 8.91. The number of nitrogens with zero attached hydrogens (tertiary/aromatic N) is 4. The van der Waals surface area contributed by atoms with Gasteiger partial charge < -0.3 is 14.5 Å². The fourth-order valence-electron chi connectivity index (χ4n) is 4.14. The predicted molar refractivity (Wildman–Crippen MR) is 129 cm³/mol. The highest BCUT2D eigenvalue weighted by Gasteiger charge is 2.24. The number of nitrogens with one attached hydrogen (secondary N) is 1. The molecule has 1 saturated heterocycles. The van der Waals surface area contributed by atoms with Crippen molar-refractivity contribution in [2.45, 2.75) is 32.9 Å². The molecule has 3 aromatic heterocycles. The largest absolute Gasteiger partial charge is 0.455 e. The van der Waals surface area contributed by atoms with Crippen LogP contribution in [0.25, 0.3) is 22.3 Å². The Morgan fingerprint density at radius 2 is 2.09 bits per heavy atom. The van der Waals surface area contributed by atoms with Crippen molar-refractivity contribution in [1.29, 1.82) is 5.26 Å². The number of anilines is 1. The predicted octanol–water partition coefficient (Wildman–Crippen LogP) is 4.94. The van der Waals surface area contributed by atoms with Gasteiger partial charge in [-0.2, -0.15) is 10.4 Å². The molecule has 0 spiro atoms. The minimum atomic E-state index is -0.286. The maximum atomic E-state index is 13.4. The van der Waals surface area contributed by atoms with E-state index in [1.165, 1.54) is 0 Å². The van der Waals surface area contributed by atoms with E-state index in [9.17, 15) is 10.1 Å². The van der Waals surface area contributed by atoms with Crippen molar-refractivity contribution < 1.29 is 9.15 Å². The highest BCUT2D eigenvalue weighted by Crippen LogP contribution is 2.33. The van der Waals surface area contributed by atoms with Crippen LogP contribution in [0.4, 0.5) is 5.69 Å². The summed E-state index contributed by atoms with van der Waals surface area (Å²) in [6.07, 6.45) is 3.60. The van der Waals surface area contributed by atoms with Crippen molar-refractivity contribution in [3.8, 4) is 17.4 Å². The minimum Gasteiger partial charge on any atom is -0.455 e. The number of halogens is 1. The molecule has 0 bridgehead atoms. The second kappa shape index (κ2) is 8.60. The first-order valence-corrected chi connectivity index (χ1v) is 11.3. The van der Waals surface area contributed by atoms with Gasteiger partial charge in [-0.15, -0.1) is 0 Å². The first-order chi connectivity index (χ1) is 16.4. The monoisotopic (exact) mass is 475 g/mol. The molecule has 4 heterocycles. The number of hydrogen-bond donors (Lipinski definition) is 1. The lowest BCUT2D eigenvalue weighted by Gasteiger charge is -2.25. The molecule has 9 heteroatoms. The van der Waals surface area contributed by atoms with Crippen LogP contribution in [0.5, 0.6) is 0 Å². The van der Waals surface area contributed by atoms with Crippen LogP contribution in [0.15, 0.2) is 45.9 Å². The zero-order valence-corrected chi connectivity index (χ0v) is 19.7. The summed E-state index contributed by atoms with van der Waals surface area (Å²) in [6, 6.07) is 9.13. The Morgan fingerprint density at radius 3 is 2.79 bits per heavy atom. The SMILES string of the molecule is Cc1cc(C(C)Nc2ccc(Cl)nc2C#N)c2oc(-c3cnn(C4COC4)c3)c(C)c(=O)c2c1. The van der Waals surface area contributed by atoms with E-state index < -0.39 is 0 Å². The van der Waals surface area contributed by atoms with Crippen LogP contribution in [0, 0.1) is 25.2 Å². The average molecular weight is 476 g/mol. The second-order valence-electron chi connectivity index (χ2n) is 8.52. The zero-order valence-electron chi connectivity index (χ0n) is 18.9. The van der Waals surface area contributed by atoms with Gasteiger partial charge in [-0.1, -0.05) is 17.7 Å². The molecule has 1 atom stereocenters. The minimum absolute atomic E-state index is 0.0843. The first kappa shape index (κ1) is 22.1. The number of aryl methyl sites for hydroxylation is 1. The average Bonchev–Trinajstić information content (AvgIpc) is 3.25. The van der Waals surface area contributed by atoms with E-state index in [4.69, 9.17) is 20.8 Å². The third-order valence-corrected chi connectivity index (χ3v) is 6.27. The van der Waals surface area contributed by atoms with Crippen molar-refractivity contribution >= 4 is 28.3 Å². The summed E-state index contributed by atoms with van der Waals surface area (Å²) < 4.78 is 13.5. The quantitative estimate of drug-likeness (QED) is 0.407. The first-order valence-electron chi connectivity index (χ1n) is 10.9. The lowest BCUT2D eigenvalue weighted by molar-refractivity contribution is -0.0286. The summed E-state index contributed by atoms with van der Waals surface area (Å²) in [6.45, 7) is 6.90. The summed E-state index contributed by atoms with van der Waals surface area (Å²) >= 11 is 5.94. The number of aromatic nitrogens is 3. The van der Waals surface area contributed by atoms with E-state index in [0.717, 1.165) is 16.7 Å². The molecular formula is C25H22ClN5O3. The summed E-state index contributed by atoms with van der Waals surface area (Å²) in [5.74, 6) is 0.493. The molecule has 0 radical (unpaired) electrons. The molecule has 34 heavy (non-hydrogen) atoms. The number of ether oxygens (including phenoxy) is 1. The molecule has 172 valence electrons. The van der Waals surface area contributed by atoms with Crippen LogP contribution in [0.1, 0.15) is 41.4 Å². The molecule has 1 aliphatic heterocycles. The molecule has 0 aliphatic carbocycles. The van der Waals surface area contributed by atoms with Gasteiger partial charge in [0, 0.05) is 17.3 Å². The Kier molecular flexibility index (Phi) is 5.60. The summed E-state index contributed by atoms with van der Waals surface area (Å²) in [5.41, 5.74) is 4.16. The van der Waals surface area contributed by atoms with Gasteiger partial charge >= 0.3 is 0 Å². The van der Waals surface area contributed by atoms with Crippen molar-refractivity contribution in [2.75, 3.05) is 18.5 Å². The lowest BCUT2D eigenvalue weighted by atomic mass is 9.99. The highest BCUT2D eigenvalue weighted by molar-refractivity contribution is 6.29. The van der Waals surface area contributed by atoms with E-state index in [-0.39, 0.29) is 28.4 Å². The Labute approximate surface area is 200 Å². The van der Waals surface area contributed by atoms with Crippen molar-refractivity contribution in [3.63, 3.8) is 0 Å². The van der Waals surface area contributed by atoms with Gasteiger partial charge in [0.1, 0.15) is 22.6 Å². The van der Waals surface area contributed by atoms with Gasteiger partial charge in [-0.25, -0.2) is 4.98 Å². The number of pyridine rings is 1. The van der Waals surface area contributed by atoms with Crippen molar-refractivity contribution in [1.82, 2.24) is 14.8 Å². The lowest BCUT2D eigenvalue weighted by Crippen LogP contribution is -2.30. The maximum absolute atomic E-state index is 13.4. The Balaban J connectivity index is 1.61. The normalized spacial score (nSPS) is 14.6. The molecule has 1 aromatic carbocycles.